The van der Waals surface area contributed by atoms with Crippen LogP contribution in [0.3, 0.4) is 0 Å². The molecule has 0 atom stereocenters. The third-order valence-electron chi connectivity index (χ3n) is 5.79. The maximum absolute atomic E-state index is 13.0. The van der Waals surface area contributed by atoms with Gasteiger partial charge in [0.2, 0.25) is 11.1 Å². The van der Waals surface area contributed by atoms with Gasteiger partial charge in [0.1, 0.15) is 5.52 Å². The minimum atomic E-state index is -0.361. The van der Waals surface area contributed by atoms with E-state index in [-0.39, 0.29) is 17.2 Å². The zero-order valence-corrected chi connectivity index (χ0v) is 19.6. The van der Waals surface area contributed by atoms with Crippen LogP contribution in [0.15, 0.2) is 58.5 Å². The second kappa shape index (κ2) is 9.22. The number of carbonyl (C=O) groups excluding carboxylic acids is 1. The van der Waals surface area contributed by atoms with Crippen LogP contribution in [0.25, 0.3) is 16.8 Å². The SMILES string of the molecule is COc1ccc(-c2cc3c(=O)[nH]nc(SCC(=O)N4CCCc5ccccc54)n3n2)cc1OC. The third kappa shape index (κ3) is 4.01. The Morgan fingerprint density at radius 2 is 1.94 bits per heavy atom. The van der Waals surface area contributed by atoms with Gasteiger partial charge >= 0.3 is 0 Å². The van der Waals surface area contributed by atoms with Gasteiger partial charge in [0.05, 0.1) is 25.7 Å². The number of aromatic amines is 1. The number of thioether (sulfide) groups is 1. The monoisotopic (exact) mass is 477 g/mol. The number of para-hydroxylation sites is 1. The molecule has 1 amide bonds. The van der Waals surface area contributed by atoms with Crippen molar-refractivity contribution < 1.29 is 14.3 Å². The molecule has 3 heterocycles. The van der Waals surface area contributed by atoms with Gasteiger partial charge in [-0.2, -0.15) is 5.10 Å². The van der Waals surface area contributed by atoms with Crippen molar-refractivity contribution >= 4 is 28.9 Å². The Labute approximate surface area is 199 Å². The number of H-pyrrole nitrogens is 1. The topological polar surface area (TPSA) is 102 Å². The van der Waals surface area contributed by atoms with Crippen LogP contribution in [0.2, 0.25) is 0 Å². The number of aromatic nitrogens is 4. The van der Waals surface area contributed by atoms with E-state index in [1.807, 2.05) is 29.2 Å². The molecule has 5 rings (SSSR count). The standard InChI is InChI=1S/C24H23N5O4S/c1-32-20-10-9-16(12-21(20)33-2)17-13-19-23(31)25-26-24(29(19)27-17)34-14-22(30)28-11-5-7-15-6-3-4-8-18(15)28/h3-4,6,8-10,12-13H,5,7,11,14H2,1-2H3,(H,25,31). The second-order valence-electron chi connectivity index (χ2n) is 7.80. The number of aryl methyl sites for hydroxylation is 1. The Balaban J connectivity index is 1.42. The molecule has 10 heteroatoms. The Hall–Kier alpha value is -3.79. The summed E-state index contributed by atoms with van der Waals surface area (Å²) in [5, 5.41) is 11.7. The summed E-state index contributed by atoms with van der Waals surface area (Å²) in [6.07, 6.45) is 1.91. The molecule has 1 N–H and O–H groups in total. The predicted octanol–water partition coefficient (Wildman–Crippen LogP) is 3.17. The minimum Gasteiger partial charge on any atom is -0.493 e. The number of methoxy groups -OCH3 is 2. The molecule has 0 aliphatic carbocycles. The Morgan fingerprint density at radius 1 is 1.12 bits per heavy atom. The van der Waals surface area contributed by atoms with Gasteiger partial charge in [0.15, 0.2) is 11.5 Å². The molecule has 174 valence electrons. The van der Waals surface area contributed by atoms with Crippen molar-refractivity contribution in [1.82, 2.24) is 19.8 Å². The summed E-state index contributed by atoms with van der Waals surface area (Å²) in [5.74, 6) is 1.33. The van der Waals surface area contributed by atoms with E-state index in [2.05, 4.69) is 21.4 Å². The Kier molecular flexibility index (Phi) is 5.97. The normalized spacial score (nSPS) is 13.1. The van der Waals surface area contributed by atoms with Crippen LogP contribution in [-0.2, 0) is 11.2 Å². The summed E-state index contributed by atoms with van der Waals surface area (Å²) in [6.45, 7) is 0.691. The lowest BCUT2D eigenvalue weighted by Gasteiger charge is -2.29. The number of amides is 1. The highest BCUT2D eigenvalue weighted by molar-refractivity contribution is 7.99. The highest BCUT2D eigenvalue weighted by atomic mass is 32.2. The Bertz CT molecular complexity index is 1430. The summed E-state index contributed by atoms with van der Waals surface area (Å²) < 4.78 is 12.2. The molecule has 1 aliphatic heterocycles. The molecule has 0 saturated carbocycles. The number of rotatable bonds is 6. The second-order valence-corrected chi connectivity index (χ2v) is 8.74. The number of carbonyl (C=O) groups is 1. The number of fused-ring (bicyclic) bond motifs is 2. The Morgan fingerprint density at radius 3 is 2.76 bits per heavy atom. The number of hydrogen-bond donors (Lipinski definition) is 1. The molecule has 34 heavy (non-hydrogen) atoms. The van der Waals surface area contributed by atoms with Crippen LogP contribution < -0.4 is 19.9 Å². The fourth-order valence-electron chi connectivity index (χ4n) is 4.12. The van der Waals surface area contributed by atoms with Crippen LogP contribution in [0.1, 0.15) is 12.0 Å². The summed E-state index contributed by atoms with van der Waals surface area (Å²) >= 11 is 1.24. The molecule has 1 aliphatic rings. The molecule has 2 aromatic heterocycles. The van der Waals surface area contributed by atoms with E-state index in [0.717, 1.165) is 24.1 Å². The summed E-state index contributed by atoms with van der Waals surface area (Å²) in [5.41, 5.74) is 3.48. The molecule has 2 aromatic carbocycles. The minimum absolute atomic E-state index is 0.00873. The molecule has 0 unspecified atom stereocenters. The first-order valence-electron chi connectivity index (χ1n) is 10.8. The van der Waals surface area contributed by atoms with Gasteiger partial charge in [-0.3, -0.25) is 9.59 Å². The zero-order valence-electron chi connectivity index (χ0n) is 18.8. The number of nitrogens with one attached hydrogen (secondary N) is 1. The zero-order chi connectivity index (χ0) is 23.7. The highest BCUT2D eigenvalue weighted by Crippen LogP contribution is 2.32. The van der Waals surface area contributed by atoms with Crippen molar-refractivity contribution in [2.24, 2.45) is 0 Å². The van der Waals surface area contributed by atoms with Gasteiger partial charge < -0.3 is 14.4 Å². The fraction of sp³-hybridized carbons (Fsp3) is 0.250. The molecule has 0 saturated heterocycles. The average molecular weight is 478 g/mol. The van der Waals surface area contributed by atoms with Crippen molar-refractivity contribution in [3.05, 3.63) is 64.4 Å². The largest absolute Gasteiger partial charge is 0.493 e. The van der Waals surface area contributed by atoms with Crippen LogP contribution >= 0.6 is 11.8 Å². The van der Waals surface area contributed by atoms with E-state index in [1.54, 1.807) is 32.4 Å². The molecule has 0 spiro atoms. The predicted molar refractivity (Wildman–Crippen MR) is 130 cm³/mol. The maximum Gasteiger partial charge on any atom is 0.290 e. The van der Waals surface area contributed by atoms with Gasteiger partial charge in [0.25, 0.3) is 5.56 Å². The number of benzene rings is 2. The molecule has 9 nitrogen and oxygen atoms in total. The van der Waals surface area contributed by atoms with Crippen LogP contribution in [0.5, 0.6) is 11.5 Å². The van der Waals surface area contributed by atoms with E-state index in [4.69, 9.17) is 9.47 Å². The summed E-state index contributed by atoms with van der Waals surface area (Å²) in [4.78, 5) is 27.3. The first-order valence-corrected chi connectivity index (χ1v) is 11.8. The van der Waals surface area contributed by atoms with E-state index in [1.165, 1.54) is 21.8 Å². The van der Waals surface area contributed by atoms with E-state index < -0.39 is 0 Å². The summed E-state index contributed by atoms with van der Waals surface area (Å²) in [6, 6.07) is 15.1. The van der Waals surface area contributed by atoms with Crippen molar-refractivity contribution in [2.45, 2.75) is 18.0 Å². The molecule has 0 bridgehead atoms. The maximum atomic E-state index is 13.0. The van der Waals surface area contributed by atoms with E-state index in [0.29, 0.717) is 34.4 Å². The first-order chi connectivity index (χ1) is 16.6. The van der Waals surface area contributed by atoms with E-state index >= 15 is 0 Å². The van der Waals surface area contributed by atoms with Crippen LogP contribution in [0, 0.1) is 0 Å². The lowest BCUT2D eigenvalue weighted by atomic mass is 10.0. The van der Waals surface area contributed by atoms with Crippen LogP contribution in [0.4, 0.5) is 5.69 Å². The van der Waals surface area contributed by atoms with Gasteiger partial charge in [-0.15, -0.1) is 5.10 Å². The van der Waals surface area contributed by atoms with Crippen molar-refractivity contribution in [3.63, 3.8) is 0 Å². The van der Waals surface area contributed by atoms with Gasteiger partial charge in [-0.25, -0.2) is 9.61 Å². The first kappa shape index (κ1) is 22.0. The van der Waals surface area contributed by atoms with Gasteiger partial charge in [-0.1, -0.05) is 30.0 Å². The van der Waals surface area contributed by atoms with Gasteiger partial charge in [-0.05, 0) is 48.7 Å². The number of nitrogens with zero attached hydrogens (tertiary/aromatic N) is 4. The third-order valence-corrected chi connectivity index (χ3v) is 6.71. The van der Waals surface area contributed by atoms with Crippen molar-refractivity contribution in [2.75, 3.05) is 31.4 Å². The fourth-order valence-corrected chi connectivity index (χ4v) is 4.90. The molecule has 4 aromatic rings. The molecular weight excluding hydrogens is 454 g/mol. The smallest absolute Gasteiger partial charge is 0.290 e. The number of hydrogen-bond acceptors (Lipinski definition) is 7. The summed E-state index contributed by atoms with van der Waals surface area (Å²) in [7, 11) is 3.13. The average Bonchev–Trinajstić information content (AvgIpc) is 3.34. The molecular formula is C24H23N5O4S. The number of anilines is 1. The quantitative estimate of drug-likeness (QED) is 0.426. The van der Waals surface area contributed by atoms with Crippen molar-refractivity contribution in [3.8, 4) is 22.8 Å². The van der Waals surface area contributed by atoms with E-state index in [9.17, 15) is 9.59 Å². The van der Waals surface area contributed by atoms with Crippen LogP contribution in [-0.4, -0.2) is 52.2 Å². The number of ether oxygens (including phenoxy) is 2. The molecule has 0 fully saturated rings. The highest BCUT2D eigenvalue weighted by Gasteiger charge is 2.23. The lowest BCUT2D eigenvalue weighted by molar-refractivity contribution is -0.116. The lowest BCUT2D eigenvalue weighted by Crippen LogP contribution is -2.36. The molecule has 0 radical (unpaired) electrons. The van der Waals surface area contributed by atoms with Crippen molar-refractivity contribution in [1.29, 1.82) is 0 Å². The van der Waals surface area contributed by atoms with Gasteiger partial charge in [0, 0.05) is 17.8 Å².